The fraction of sp³-hybridized carbons (Fsp3) is 0.933. The second-order valence-electron chi connectivity index (χ2n) is 5.87. The lowest BCUT2D eigenvalue weighted by Gasteiger charge is -2.28. The van der Waals surface area contributed by atoms with Crippen LogP contribution >= 0.6 is 0 Å². The standard InChI is InChI=1S/C15H31N3O/c1-12(2)19-11-5-10-17-15(16-4)18-14-8-6-13(3)7-9-14/h12-14H,5-11H2,1-4H3,(H2,16,17,18). The van der Waals surface area contributed by atoms with E-state index in [1.165, 1.54) is 25.7 Å². The highest BCUT2D eigenvalue weighted by Gasteiger charge is 2.18. The van der Waals surface area contributed by atoms with Crippen LogP contribution in [-0.2, 0) is 4.74 Å². The zero-order valence-corrected chi connectivity index (χ0v) is 13.0. The molecule has 4 heteroatoms. The van der Waals surface area contributed by atoms with E-state index in [4.69, 9.17) is 4.74 Å². The maximum atomic E-state index is 5.52. The Morgan fingerprint density at radius 3 is 2.53 bits per heavy atom. The van der Waals surface area contributed by atoms with Crippen molar-refractivity contribution in [2.75, 3.05) is 20.2 Å². The van der Waals surface area contributed by atoms with Gasteiger partial charge < -0.3 is 15.4 Å². The monoisotopic (exact) mass is 269 g/mol. The molecule has 0 bridgehead atoms. The molecule has 0 aromatic heterocycles. The van der Waals surface area contributed by atoms with Crippen LogP contribution in [0.5, 0.6) is 0 Å². The van der Waals surface area contributed by atoms with E-state index in [1.54, 1.807) is 0 Å². The van der Waals surface area contributed by atoms with Crippen LogP contribution < -0.4 is 10.6 Å². The minimum atomic E-state index is 0.321. The second kappa shape index (κ2) is 9.18. The third-order valence-corrected chi connectivity index (χ3v) is 3.65. The van der Waals surface area contributed by atoms with Gasteiger partial charge in [-0.2, -0.15) is 0 Å². The average molecular weight is 269 g/mol. The predicted octanol–water partition coefficient (Wildman–Crippen LogP) is 2.55. The van der Waals surface area contributed by atoms with Crippen molar-refractivity contribution in [3.63, 3.8) is 0 Å². The van der Waals surface area contributed by atoms with Gasteiger partial charge in [-0.1, -0.05) is 6.92 Å². The summed E-state index contributed by atoms with van der Waals surface area (Å²) in [6.07, 6.45) is 6.52. The molecular formula is C15H31N3O. The molecule has 1 aliphatic rings. The van der Waals surface area contributed by atoms with E-state index < -0.39 is 0 Å². The first kappa shape index (κ1) is 16.3. The molecule has 0 saturated heterocycles. The van der Waals surface area contributed by atoms with Gasteiger partial charge in [0.25, 0.3) is 0 Å². The van der Waals surface area contributed by atoms with Crippen molar-refractivity contribution >= 4 is 5.96 Å². The van der Waals surface area contributed by atoms with Crippen molar-refractivity contribution in [2.45, 2.75) is 65.0 Å². The van der Waals surface area contributed by atoms with Gasteiger partial charge >= 0.3 is 0 Å². The zero-order chi connectivity index (χ0) is 14.1. The maximum absolute atomic E-state index is 5.52. The molecule has 0 aromatic carbocycles. The molecule has 1 rings (SSSR count). The van der Waals surface area contributed by atoms with Gasteiger partial charge in [0.1, 0.15) is 0 Å². The molecule has 0 heterocycles. The topological polar surface area (TPSA) is 45.7 Å². The van der Waals surface area contributed by atoms with E-state index in [2.05, 4.69) is 36.4 Å². The number of hydrogen-bond acceptors (Lipinski definition) is 2. The molecule has 1 aliphatic carbocycles. The quantitative estimate of drug-likeness (QED) is 0.442. The number of aliphatic imine (C=N–C) groups is 1. The van der Waals surface area contributed by atoms with E-state index >= 15 is 0 Å². The molecule has 0 aliphatic heterocycles. The minimum absolute atomic E-state index is 0.321. The van der Waals surface area contributed by atoms with Crippen molar-refractivity contribution in [1.82, 2.24) is 10.6 Å². The number of nitrogens with zero attached hydrogens (tertiary/aromatic N) is 1. The maximum Gasteiger partial charge on any atom is 0.191 e. The molecule has 0 unspecified atom stereocenters. The first-order valence-electron chi connectivity index (χ1n) is 7.70. The van der Waals surface area contributed by atoms with Gasteiger partial charge in [-0.15, -0.1) is 0 Å². The number of nitrogens with one attached hydrogen (secondary N) is 2. The molecule has 0 radical (unpaired) electrons. The Morgan fingerprint density at radius 2 is 1.95 bits per heavy atom. The molecule has 0 amide bonds. The van der Waals surface area contributed by atoms with Crippen molar-refractivity contribution < 1.29 is 4.74 Å². The van der Waals surface area contributed by atoms with Gasteiger partial charge in [0.2, 0.25) is 0 Å². The lowest BCUT2D eigenvalue weighted by molar-refractivity contribution is 0.0776. The first-order valence-corrected chi connectivity index (χ1v) is 7.70. The lowest BCUT2D eigenvalue weighted by Crippen LogP contribution is -2.45. The van der Waals surface area contributed by atoms with E-state index in [0.717, 1.165) is 31.4 Å². The fourth-order valence-electron chi connectivity index (χ4n) is 2.39. The Bertz CT molecular complexity index is 258. The highest BCUT2D eigenvalue weighted by molar-refractivity contribution is 5.79. The molecule has 4 nitrogen and oxygen atoms in total. The van der Waals surface area contributed by atoms with Crippen LogP contribution in [-0.4, -0.2) is 38.3 Å². The number of guanidine groups is 1. The molecule has 1 fully saturated rings. The molecule has 2 N–H and O–H groups in total. The van der Waals surface area contributed by atoms with Gasteiger partial charge in [0.05, 0.1) is 6.10 Å². The van der Waals surface area contributed by atoms with Crippen molar-refractivity contribution in [2.24, 2.45) is 10.9 Å². The van der Waals surface area contributed by atoms with Crippen LogP contribution in [0.3, 0.4) is 0 Å². The van der Waals surface area contributed by atoms with Gasteiger partial charge in [-0.25, -0.2) is 0 Å². The summed E-state index contributed by atoms with van der Waals surface area (Å²) in [6.45, 7) is 8.20. The van der Waals surface area contributed by atoms with Gasteiger partial charge in [0.15, 0.2) is 5.96 Å². The smallest absolute Gasteiger partial charge is 0.191 e. The Balaban J connectivity index is 2.12. The highest BCUT2D eigenvalue weighted by atomic mass is 16.5. The normalized spacial score (nSPS) is 24.6. The largest absolute Gasteiger partial charge is 0.379 e. The molecule has 0 atom stereocenters. The molecule has 1 saturated carbocycles. The zero-order valence-electron chi connectivity index (χ0n) is 13.0. The van der Waals surface area contributed by atoms with Crippen molar-refractivity contribution in [1.29, 1.82) is 0 Å². The summed E-state index contributed by atoms with van der Waals surface area (Å²) >= 11 is 0. The van der Waals surface area contributed by atoms with Gasteiger partial charge in [-0.3, -0.25) is 4.99 Å². The summed E-state index contributed by atoms with van der Waals surface area (Å²) in [4.78, 5) is 4.29. The van der Waals surface area contributed by atoms with Crippen LogP contribution in [0.1, 0.15) is 52.9 Å². The molecule has 112 valence electrons. The van der Waals surface area contributed by atoms with E-state index in [1.807, 2.05) is 7.05 Å². The summed E-state index contributed by atoms with van der Waals surface area (Å²) in [5.41, 5.74) is 0. The Hall–Kier alpha value is -0.770. The summed E-state index contributed by atoms with van der Waals surface area (Å²) < 4.78 is 5.52. The van der Waals surface area contributed by atoms with E-state index in [0.29, 0.717) is 12.1 Å². The molecule has 19 heavy (non-hydrogen) atoms. The van der Waals surface area contributed by atoms with Crippen LogP contribution in [0.25, 0.3) is 0 Å². The highest BCUT2D eigenvalue weighted by Crippen LogP contribution is 2.23. The van der Waals surface area contributed by atoms with Crippen LogP contribution in [0, 0.1) is 5.92 Å². The Kier molecular flexibility index (Phi) is 7.87. The Labute approximate surface area is 118 Å². The molecule has 0 spiro atoms. The number of rotatable bonds is 6. The fourth-order valence-corrected chi connectivity index (χ4v) is 2.39. The number of hydrogen-bond donors (Lipinski definition) is 2. The minimum Gasteiger partial charge on any atom is -0.379 e. The second-order valence-corrected chi connectivity index (χ2v) is 5.87. The first-order chi connectivity index (χ1) is 9.11. The average Bonchev–Trinajstić information content (AvgIpc) is 2.39. The number of ether oxygens (including phenoxy) is 1. The lowest BCUT2D eigenvalue weighted by atomic mass is 9.87. The van der Waals surface area contributed by atoms with Crippen LogP contribution in [0.4, 0.5) is 0 Å². The van der Waals surface area contributed by atoms with Crippen molar-refractivity contribution in [3.8, 4) is 0 Å². The summed E-state index contributed by atoms with van der Waals surface area (Å²) in [5, 5.41) is 6.88. The summed E-state index contributed by atoms with van der Waals surface area (Å²) in [7, 11) is 1.84. The van der Waals surface area contributed by atoms with Crippen LogP contribution in [0.2, 0.25) is 0 Å². The third kappa shape index (κ3) is 7.41. The molecular weight excluding hydrogens is 238 g/mol. The predicted molar refractivity (Wildman–Crippen MR) is 81.6 cm³/mol. The Morgan fingerprint density at radius 1 is 1.26 bits per heavy atom. The van der Waals surface area contributed by atoms with E-state index in [9.17, 15) is 0 Å². The summed E-state index contributed by atoms with van der Waals surface area (Å²) in [6, 6.07) is 0.592. The molecule has 0 aromatic rings. The van der Waals surface area contributed by atoms with Gasteiger partial charge in [-0.05, 0) is 51.9 Å². The SMILES string of the molecule is CN=C(NCCCOC(C)C)NC1CCC(C)CC1. The van der Waals surface area contributed by atoms with Crippen molar-refractivity contribution in [3.05, 3.63) is 0 Å². The van der Waals surface area contributed by atoms with Gasteiger partial charge in [0, 0.05) is 26.2 Å². The van der Waals surface area contributed by atoms with E-state index in [-0.39, 0.29) is 0 Å². The third-order valence-electron chi connectivity index (χ3n) is 3.65. The summed E-state index contributed by atoms with van der Waals surface area (Å²) in [5.74, 6) is 1.82. The van der Waals surface area contributed by atoms with Crippen LogP contribution in [0.15, 0.2) is 4.99 Å².